The summed E-state index contributed by atoms with van der Waals surface area (Å²) in [6.45, 7) is 2.44. The van der Waals surface area contributed by atoms with Crippen LogP contribution in [0.15, 0.2) is 17.1 Å². The summed E-state index contributed by atoms with van der Waals surface area (Å²) < 4.78 is 21.7. The lowest BCUT2D eigenvalue weighted by molar-refractivity contribution is 0.138. The van der Waals surface area contributed by atoms with Crippen LogP contribution in [0.3, 0.4) is 0 Å². The van der Waals surface area contributed by atoms with Crippen LogP contribution in [0.25, 0.3) is 0 Å². The summed E-state index contributed by atoms with van der Waals surface area (Å²) in [6, 6.07) is 3.76. The van der Waals surface area contributed by atoms with Gasteiger partial charge >= 0.3 is 0 Å². The molecule has 0 saturated heterocycles. The van der Waals surface area contributed by atoms with Crippen molar-refractivity contribution in [1.82, 2.24) is 10.6 Å². The Kier molecular flexibility index (Phi) is 12.2. The van der Waals surface area contributed by atoms with Gasteiger partial charge in [0.15, 0.2) is 5.96 Å². The first kappa shape index (κ1) is 26.6. The molecule has 0 aromatic heterocycles. The van der Waals surface area contributed by atoms with Crippen molar-refractivity contribution in [3.05, 3.63) is 17.7 Å². The Labute approximate surface area is 198 Å². The summed E-state index contributed by atoms with van der Waals surface area (Å²) in [7, 11) is 8.53. The quantitative estimate of drug-likeness (QED) is 0.256. The van der Waals surface area contributed by atoms with Gasteiger partial charge < -0.3 is 29.6 Å². The molecule has 2 rings (SSSR count). The van der Waals surface area contributed by atoms with Gasteiger partial charge in [0.1, 0.15) is 17.2 Å². The predicted molar refractivity (Wildman–Crippen MR) is 132 cm³/mol. The van der Waals surface area contributed by atoms with Gasteiger partial charge in [0.25, 0.3) is 0 Å². The van der Waals surface area contributed by atoms with Gasteiger partial charge in [-0.1, -0.05) is 12.8 Å². The fourth-order valence-corrected chi connectivity index (χ4v) is 4.08. The molecule has 0 heterocycles. The van der Waals surface area contributed by atoms with E-state index in [1.807, 2.05) is 12.1 Å². The van der Waals surface area contributed by atoms with Crippen molar-refractivity contribution >= 4 is 29.9 Å². The molecular formula is C22H38IN3O4. The zero-order valence-electron chi connectivity index (χ0n) is 19.0. The van der Waals surface area contributed by atoms with Crippen LogP contribution in [-0.2, 0) is 11.2 Å². The highest BCUT2D eigenvalue weighted by Gasteiger charge is 2.33. The van der Waals surface area contributed by atoms with Crippen LogP contribution in [0, 0.1) is 5.41 Å². The minimum absolute atomic E-state index is 0. The Morgan fingerprint density at radius 2 is 1.63 bits per heavy atom. The second-order valence-corrected chi connectivity index (χ2v) is 7.56. The third kappa shape index (κ3) is 7.37. The van der Waals surface area contributed by atoms with E-state index in [0.29, 0.717) is 17.7 Å². The van der Waals surface area contributed by atoms with Crippen molar-refractivity contribution < 1.29 is 18.9 Å². The van der Waals surface area contributed by atoms with Crippen LogP contribution in [0.5, 0.6) is 17.2 Å². The predicted octanol–water partition coefficient (Wildman–Crippen LogP) is 3.63. The standard InChI is InChI=1S/C22H37N3O4.HI/c1-23-21(25-16-22(11-13-26-2)9-6-7-10-22)24-12-8-18-19(28-4)14-17(27-3)15-20(18)29-5;/h14-15H,6-13,16H2,1-5H3,(H2,23,24,25);1H. The lowest BCUT2D eigenvalue weighted by Gasteiger charge is -2.30. The lowest BCUT2D eigenvalue weighted by Crippen LogP contribution is -2.44. The summed E-state index contributed by atoms with van der Waals surface area (Å²) >= 11 is 0. The minimum Gasteiger partial charge on any atom is -0.496 e. The first-order valence-electron chi connectivity index (χ1n) is 10.3. The first-order valence-corrected chi connectivity index (χ1v) is 10.3. The zero-order chi connectivity index (χ0) is 21.1. The van der Waals surface area contributed by atoms with Crippen molar-refractivity contribution in [2.24, 2.45) is 10.4 Å². The molecule has 8 heteroatoms. The third-order valence-corrected chi connectivity index (χ3v) is 5.84. The smallest absolute Gasteiger partial charge is 0.191 e. The molecule has 2 N–H and O–H groups in total. The van der Waals surface area contributed by atoms with Gasteiger partial charge in [-0.15, -0.1) is 24.0 Å². The molecule has 1 aliphatic carbocycles. The maximum absolute atomic E-state index is 5.53. The fourth-order valence-electron chi connectivity index (χ4n) is 4.08. The van der Waals surface area contributed by atoms with E-state index in [1.54, 1.807) is 35.5 Å². The average Bonchev–Trinajstić information content (AvgIpc) is 3.23. The number of hydrogen-bond donors (Lipinski definition) is 2. The number of methoxy groups -OCH3 is 4. The molecule has 0 unspecified atom stereocenters. The van der Waals surface area contributed by atoms with Gasteiger partial charge in [-0.3, -0.25) is 4.99 Å². The molecule has 1 aromatic rings. The van der Waals surface area contributed by atoms with Crippen molar-refractivity contribution in [2.45, 2.75) is 38.5 Å². The second-order valence-electron chi connectivity index (χ2n) is 7.56. The van der Waals surface area contributed by atoms with Gasteiger partial charge in [-0.25, -0.2) is 0 Å². The van der Waals surface area contributed by atoms with Crippen LogP contribution in [0.4, 0.5) is 0 Å². The molecule has 7 nitrogen and oxygen atoms in total. The van der Waals surface area contributed by atoms with Crippen LogP contribution in [0.1, 0.15) is 37.7 Å². The number of nitrogens with zero attached hydrogens (tertiary/aromatic N) is 1. The average molecular weight is 535 g/mol. The summed E-state index contributed by atoms with van der Waals surface area (Å²) in [5.41, 5.74) is 1.32. The first-order chi connectivity index (χ1) is 14.1. The summed E-state index contributed by atoms with van der Waals surface area (Å²) in [6.07, 6.45) is 6.93. The molecule has 172 valence electrons. The number of aliphatic imine (C=N–C) groups is 1. The second kappa shape index (κ2) is 13.8. The Morgan fingerprint density at radius 1 is 1.00 bits per heavy atom. The van der Waals surface area contributed by atoms with E-state index in [0.717, 1.165) is 49.0 Å². The van der Waals surface area contributed by atoms with Crippen molar-refractivity contribution in [2.75, 3.05) is 55.2 Å². The Balaban J connectivity index is 0.00000450. The number of halogens is 1. The maximum Gasteiger partial charge on any atom is 0.191 e. The maximum atomic E-state index is 5.53. The molecule has 0 amide bonds. The van der Waals surface area contributed by atoms with E-state index < -0.39 is 0 Å². The largest absolute Gasteiger partial charge is 0.496 e. The molecule has 30 heavy (non-hydrogen) atoms. The van der Waals surface area contributed by atoms with Gasteiger partial charge in [0.05, 0.1) is 21.3 Å². The van der Waals surface area contributed by atoms with Crippen LogP contribution < -0.4 is 24.8 Å². The summed E-state index contributed by atoms with van der Waals surface area (Å²) in [4.78, 5) is 4.38. The summed E-state index contributed by atoms with van der Waals surface area (Å²) in [5.74, 6) is 3.05. The molecule has 0 spiro atoms. The molecule has 0 bridgehead atoms. The minimum atomic E-state index is 0. The Hall–Kier alpha value is -1.42. The molecule has 1 fully saturated rings. The molecule has 0 atom stereocenters. The van der Waals surface area contributed by atoms with Crippen molar-refractivity contribution in [3.8, 4) is 17.2 Å². The van der Waals surface area contributed by atoms with E-state index in [-0.39, 0.29) is 24.0 Å². The molecule has 1 saturated carbocycles. The number of guanidine groups is 1. The van der Waals surface area contributed by atoms with Crippen LogP contribution in [-0.4, -0.2) is 61.1 Å². The monoisotopic (exact) mass is 535 g/mol. The highest BCUT2D eigenvalue weighted by Crippen LogP contribution is 2.40. The number of nitrogens with one attached hydrogen (secondary N) is 2. The molecule has 0 radical (unpaired) electrons. The van der Waals surface area contributed by atoms with E-state index in [1.165, 1.54) is 25.7 Å². The summed E-state index contributed by atoms with van der Waals surface area (Å²) in [5, 5.41) is 6.94. The van der Waals surface area contributed by atoms with Crippen LogP contribution >= 0.6 is 24.0 Å². The zero-order valence-corrected chi connectivity index (χ0v) is 21.3. The van der Waals surface area contributed by atoms with E-state index in [2.05, 4.69) is 15.6 Å². The number of benzene rings is 1. The Bertz CT molecular complexity index is 639. The highest BCUT2D eigenvalue weighted by molar-refractivity contribution is 14.0. The van der Waals surface area contributed by atoms with E-state index in [4.69, 9.17) is 18.9 Å². The van der Waals surface area contributed by atoms with E-state index >= 15 is 0 Å². The normalized spacial score (nSPS) is 15.3. The van der Waals surface area contributed by atoms with Gasteiger partial charge in [-0.05, 0) is 31.1 Å². The van der Waals surface area contributed by atoms with Gasteiger partial charge in [-0.2, -0.15) is 0 Å². The number of ether oxygens (including phenoxy) is 4. The SMILES string of the molecule is CN=C(NCCc1c(OC)cc(OC)cc1OC)NCC1(CCOC)CCCC1.I. The topological polar surface area (TPSA) is 73.3 Å². The highest BCUT2D eigenvalue weighted by atomic mass is 127. The van der Waals surface area contributed by atoms with Crippen molar-refractivity contribution in [1.29, 1.82) is 0 Å². The molecule has 1 aliphatic rings. The number of hydrogen-bond acceptors (Lipinski definition) is 5. The number of rotatable bonds is 11. The lowest BCUT2D eigenvalue weighted by atomic mass is 9.83. The molecule has 0 aliphatic heterocycles. The van der Waals surface area contributed by atoms with Crippen molar-refractivity contribution in [3.63, 3.8) is 0 Å². The van der Waals surface area contributed by atoms with E-state index in [9.17, 15) is 0 Å². The Morgan fingerprint density at radius 3 is 2.13 bits per heavy atom. The molecular weight excluding hydrogens is 497 g/mol. The third-order valence-electron chi connectivity index (χ3n) is 5.84. The van der Waals surface area contributed by atoms with Gasteiger partial charge in [0, 0.05) is 51.6 Å². The van der Waals surface area contributed by atoms with Gasteiger partial charge in [0.2, 0.25) is 0 Å². The van der Waals surface area contributed by atoms with Crippen LogP contribution in [0.2, 0.25) is 0 Å². The molecule has 1 aromatic carbocycles. The fraction of sp³-hybridized carbons (Fsp3) is 0.682.